The summed E-state index contributed by atoms with van der Waals surface area (Å²) < 4.78 is 5.12. The van der Waals surface area contributed by atoms with Crippen LogP contribution >= 0.6 is 0 Å². The number of fused-ring (bicyclic) bond motifs is 2. The minimum Gasteiger partial charge on any atom is -0.466 e. The van der Waals surface area contributed by atoms with Crippen molar-refractivity contribution in [2.45, 2.75) is 32.2 Å². The molecule has 0 radical (unpaired) electrons. The van der Waals surface area contributed by atoms with Crippen molar-refractivity contribution in [1.29, 1.82) is 0 Å². The number of ether oxygens (including phenoxy) is 1. The summed E-state index contributed by atoms with van der Waals surface area (Å²) in [5.41, 5.74) is 3.73. The first-order chi connectivity index (χ1) is 16.6. The Balaban J connectivity index is 1.31. The van der Waals surface area contributed by atoms with Crippen LogP contribution in [0.25, 0.3) is 10.9 Å². The van der Waals surface area contributed by atoms with Crippen molar-refractivity contribution in [2.24, 2.45) is 5.92 Å². The monoisotopic (exact) mass is 459 g/mol. The third-order valence-electron chi connectivity index (χ3n) is 7.01. The molecule has 2 aromatic carbocycles. The molecular weight excluding hydrogens is 430 g/mol. The molecule has 0 spiro atoms. The van der Waals surface area contributed by atoms with Gasteiger partial charge in [-0.1, -0.05) is 36.4 Å². The number of hydrogen-bond donors (Lipinski definition) is 1. The number of amides is 2. The number of nitrogens with zero attached hydrogens (tertiary/aromatic N) is 2. The average molecular weight is 460 g/mol. The lowest BCUT2D eigenvalue weighted by atomic mass is 9.96. The molecule has 0 bridgehead atoms. The Morgan fingerprint density at radius 1 is 1.03 bits per heavy atom. The number of carbonyl (C=O) groups is 3. The molecule has 7 nitrogen and oxygen atoms in total. The average Bonchev–Trinajstić information content (AvgIpc) is 3.41. The fourth-order valence-electron chi connectivity index (χ4n) is 5.26. The van der Waals surface area contributed by atoms with Gasteiger partial charge >= 0.3 is 5.97 Å². The number of rotatable bonds is 6. The van der Waals surface area contributed by atoms with E-state index in [1.54, 1.807) is 6.92 Å². The molecule has 1 fully saturated rings. The van der Waals surface area contributed by atoms with Gasteiger partial charge in [0.2, 0.25) is 5.91 Å². The number of carbonyl (C=O) groups excluding carboxylic acids is 3. The lowest BCUT2D eigenvalue weighted by molar-refractivity contribution is -0.151. The number of hydrogen-bond acceptors (Lipinski definition) is 4. The molecular formula is C27H29N3O4. The van der Waals surface area contributed by atoms with E-state index in [0.29, 0.717) is 44.6 Å². The maximum atomic E-state index is 13.3. The van der Waals surface area contributed by atoms with E-state index in [-0.39, 0.29) is 36.2 Å². The minimum atomic E-state index is -0.234. The van der Waals surface area contributed by atoms with Gasteiger partial charge in [-0.25, -0.2) is 0 Å². The number of likely N-dealkylation sites (tertiary alicyclic amines) is 1. The maximum absolute atomic E-state index is 13.3. The Hall–Kier alpha value is -3.61. The fraction of sp³-hybridized carbons (Fsp3) is 0.370. The van der Waals surface area contributed by atoms with Crippen LogP contribution in [-0.4, -0.2) is 58.8 Å². The molecule has 3 aromatic rings. The Kier molecular flexibility index (Phi) is 6.09. The highest BCUT2D eigenvalue weighted by Gasteiger charge is 2.39. The molecule has 34 heavy (non-hydrogen) atoms. The summed E-state index contributed by atoms with van der Waals surface area (Å²) in [4.78, 5) is 45.3. The molecule has 0 unspecified atom stereocenters. The second kappa shape index (κ2) is 9.33. The van der Waals surface area contributed by atoms with E-state index >= 15 is 0 Å². The molecule has 0 aliphatic carbocycles. The SMILES string of the molecule is CCOC(=O)C1CCN(C(=O)CCN2C(=O)c3ccccc3[C@@H]2c2c[nH]c3ccccc23)CC1. The standard InChI is InChI=1S/C27H29N3O4/c1-2-34-27(33)18-11-14-29(15-12-18)24(31)13-16-30-25(20-8-3-4-9-21(20)26(30)32)22-17-28-23-10-6-5-7-19(22)23/h3-10,17-18,25,28H,2,11-16H2,1H3/t25-/m1/s1. The Labute approximate surface area is 198 Å². The highest BCUT2D eigenvalue weighted by molar-refractivity contribution is 6.01. The summed E-state index contributed by atoms with van der Waals surface area (Å²) >= 11 is 0. The van der Waals surface area contributed by atoms with Crippen LogP contribution in [-0.2, 0) is 14.3 Å². The third kappa shape index (κ3) is 3.95. The molecule has 1 saturated heterocycles. The molecule has 2 aliphatic heterocycles. The molecule has 7 heteroatoms. The van der Waals surface area contributed by atoms with E-state index in [0.717, 1.165) is 22.0 Å². The zero-order valence-electron chi connectivity index (χ0n) is 19.3. The highest BCUT2D eigenvalue weighted by atomic mass is 16.5. The fourth-order valence-corrected chi connectivity index (χ4v) is 5.26. The van der Waals surface area contributed by atoms with Crippen LogP contribution in [0.4, 0.5) is 0 Å². The van der Waals surface area contributed by atoms with Gasteiger partial charge in [-0.2, -0.15) is 0 Å². The summed E-state index contributed by atoms with van der Waals surface area (Å²) in [6, 6.07) is 15.5. The summed E-state index contributed by atoms with van der Waals surface area (Å²) in [7, 11) is 0. The first-order valence-corrected chi connectivity index (χ1v) is 12.0. The maximum Gasteiger partial charge on any atom is 0.309 e. The molecule has 1 atom stereocenters. The largest absolute Gasteiger partial charge is 0.466 e. The molecule has 5 rings (SSSR count). The molecule has 176 valence electrons. The van der Waals surface area contributed by atoms with Crippen molar-refractivity contribution >= 4 is 28.7 Å². The highest BCUT2D eigenvalue weighted by Crippen LogP contribution is 2.41. The number of piperidine rings is 1. The van der Waals surface area contributed by atoms with E-state index < -0.39 is 0 Å². The normalized spacial score (nSPS) is 18.4. The lowest BCUT2D eigenvalue weighted by Gasteiger charge is -2.32. The number of benzene rings is 2. The first-order valence-electron chi connectivity index (χ1n) is 12.0. The van der Waals surface area contributed by atoms with Crippen LogP contribution < -0.4 is 0 Å². The van der Waals surface area contributed by atoms with Crippen LogP contribution in [0.3, 0.4) is 0 Å². The van der Waals surface area contributed by atoms with Crippen LogP contribution in [0.1, 0.15) is 53.7 Å². The van der Waals surface area contributed by atoms with Crippen LogP contribution in [0.15, 0.2) is 54.7 Å². The van der Waals surface area contributed by atoms with Crippen molar-refractivity contribution in [3.8, 4) is 0 Å². The van der Waals surface area contributed by atoms with E-state index in [2.05, 4.69) is 11.1 Å². The number of aromatic amines is 1. The molecule has 3 heterocycles. The third-order valence-corrected chi connectivity index (χ3v) is 7.01. The van der Waals surface area contributed by atoms with Crippen molar-refractivity contribution in [3.63, 3.8) is 0 Å². The van der Waals surface area contributed by atoms with E-state index in [1.165, 1.54) is 0 Å². The van der Waals surface area contributed by atoms with Crippen molar-refractivity contribution in [2.75, 3.05) is 26.2 Å². The summed E-state index contributed by atoms with van der Waals surface area (Å²) in [5.74, 6) is -0.329. The second-order valence-electron chi connectivity index (χ2n) is 8.94. The molecule has 0 saturated carbocycles. The molecule has 2 amide bonds. The Bertz CT molecular complexity index is 1230. The summed E-state index contributed by atoms with van der Waals surface area (Å²) in [5, 5.41) is 1.08. The topological polar surface area (TPSA) is 82.7 Å². The van der Waals surface area contributed by atoms with Gasteiger partial charge in [0.25, 0.3) is 5.91 Å². The molecule has 2 aliphatic rings. The van der Waals surface area contributed by atoms with Crippen molar-refractivity contribution < 1.29 is 19.1 Å². The first kappa shape index (κ1) is 22.2. The van der Waals surface area contributed by atoms with Gasteiger partial charge in [0, 0.05) is 54.3 Å². The predicted molar refractivity (Wildman–Crippen MR) is 128 cm³/mol. The quantitative estimate of drug-likeness (QED) is 0.567. The van der Waals surface area contributed by atoms with Crippen molar-refractivity contribution in [1.82, 2.24) is 14.8 Å². The number of para-hydroxylation sites is 1. The zero-order chi connectivity index (χ0) is 23.7. The predicted octanol–water partition coefficient (Wildman–Crippen LogP) is 3.90. The number of aromatic nitrogens is 1. The van der Waals surface area contributed by atoms with Crippen molar-refractivity contribution in [3.05, 3.63) is 71.4 Å². The van der Waals surface area contributed by atoms with Crippen LogP contribution in [0.5, 0.6) is 0 Å². The Morgan fingerprint density at radius 2 is 1.76 bits per heavy atom. The Morgan fingerprint density at radius 3 is 2.56 bits per heavy atom. The van der Waals surface area contributed by atoms with E-state index in [9.17, 15) is 14.4 Å². The van der Waals surface area contributed by atoms with Gasteiger partial charge in [-0.15, -0.1) is 0 Å². The van der Waals surface area contributed by atoms with Gasteiger partial charge in [0.15, 0.2) is 0 Å². The van der Waals surface area contributed by atoms with Gasteiger partial charge in [0.1, 0.15) is 0 Å². The van der Waals surface area contributed by atoms with Gasteiger partial charge in [-0.3, -0.25) is 14.4 Å². The molecule has 1 N–H and O–H groups in total. The van der Waals surface area contributed by atoms with Gasteiger partial charge in [-0.05, 0) is 37.5 Å². The van der Waals surface area contributed by atoms with Crippen LogP contribution in [0, 0.1) is 5.92 Å². The minimum absolute atomic E-state index is 0.0174. The number of esters is 1. The van der Waals surface area contributed by atoms with E-state index in [4.69, 9.17) is 4.74 Å². The van der Waals surface area contributed by atoms with Gasteiger partial charge < -0.3 is 19.5 Å². The second-order valence-corrected chi connectivity index (χ2v) is 8.94. The summed E-state index contributed by atoms with van der Waals surface area (Å²) in [6.45, 7) is 3.61. The zero-order valence-corrected chi connectivity index (χ0v) is 19.3. The number of H-pyrrole nitrogens is 1. The van der Waals surface area contributed by atoms with Crippen LogP contribution in [0.2, 0.25) is 0 Å². The summed E-state index contributed by atoms with van der Waals surface area (Å²) in [6.07, 6.45) is 3.47. The van der Waals surface area contributed by atoms with E-state index in [1.807, 2.05) is 58.5 Å². The molecule has 1 aromatic heterocycles. The lowest BCUT2D eigenvalue weighted by Crippen LogP contribution is -2.42. The van der Waals surface area contributed by atoms with Gasteiger partial charge in [0.05, 0.1) is 18.6 Å². The number of nitrogens with one attached hydrogen (secondary N) is 1. The smallest absolute Gasteiger partial charge is 0.309 e.